The molecule has 0 spiro atoms. The van der Waals surface area contributed by atoms with Crippen LogP contribution >= 0.6 is 11.6 Å². The van der Waals surface area contributed by atoms with E-state index in [0.717, 1.165) is 17.2 Å². The van der Waals surface area contributed by atoms with Gasteiger partial charge in [-0.3, -0.25) is 4.98 Å². The van der Waals surface area contributed by atoms with E-state index >= 15 is 0 Å². The minimum Gasteiger partial charge on any atom is -0.256 e. The minimum atomic E-state index is -0.405. The van der Waals surface area contributed by atoms with Gasteiger partial charge in [0.2, 0.25) is 0 Å². The number of aromatic nitrogens is 1. The third kappa shape index (κ3) is 3.81. The van der Waals surface area contributed by atoms with E-state index in [-0.39, 0.29) is 5.02 Å². The van der Waals surface area contributed by atoms with Gasteiger partial charge in [-0.1, -0.05) is 35.9 Å². The van der Waals surface area contributed by atoms with Crippen molar-refractivity contribution in [2.24, 2.45) is 5.92 Å². The second-order valence-electron chi connectivity index (χ2n) is 6.24. The second-order valence-corrected chi connectivity index (χ2v) is 6.65. The number of benzene rings is 1. The lowest BCUT2D eigenvalue weighted by atomic mass is 9.79. The summed E-state index contributed by atoms with van der Waals surface area (Å²) in [5.74, 6) is 0.929. The van der Waals surface area contributed by atoms with Crippen molar-refractivity contribution in [1.29, 1.82) is 0 Å². The number of pyridine rings is 1. The van der Waals surface area contributed by atoms with Gasteiger partial charge in [-0.15, -0.1) is 0 Å². The van der Waals surface area contributed by atoms with Crippen molar-refractivity contribution in [2.45, 2.75) is 38.5 Å². The standard InChI is InChI=1S/C20H21ClFN/c1-2-3-14-4-6-15(7-5-14)17-9-11-20(23-13-17)16-8-10-18(21)19(22)12-16/h2-3,8-15H,4-7H2,1H3/b3-2+/t14-,15-. The fraction of sp³-hybridized carbons (Fsp3) is 0.350. The first-order valence-corrected chi connectivity index (χ1v) is 8.59. The first-order chi connectivity index (χ1) is 11.2. The maximum absolute atomic E-state index is 13.6. The van der Waals surface area contributed by atoms with Crippen molar-refractivity contribution in [3.63, 3.8) is 0 Å². The maximum atomic E-state index is 13.6. The average molecular weight is 330 g/mol. The zero-order valence-electron chi connectivity index (χ0n) is 13.3. The molecule has 0 unspecified atom stereocenters. The van der Waals surface area contributed by atoms with Crippen molar-refractivity contribution in [3.8, 4) is 11.3 Å². The molecular formula is C20H21ClFN. The molecule has 1 nitrogen and oxygen atoms in total. The summed E-state index contributed by atoms with van der Waals surface area (Å²) in [4.78, 5) is 4.53. The van der Waals surface area contributed by atoms with E-state index < -0.39 is 5.82 Å². The van der Waals surface area contributed by atoms with Crippen molar-refractivity contribution in [3.05, 3.63) is 65.1 Å². The summed E-state index contributed by atoms with van der Waals surface area (Å²) < 4.78 is 13.6. The Labute approximate surface area is 142 Å². The lowest BCUT2D eigenvalue weighted by Gasteiger charge is -2.26. The summed E-state index contributed by atoms with van der Waals surface area (Å²) in [5, 5.41) is 0.142. The van der Waals surface area contributed by atoms with E-state index in [9.17, 15) is 4.39 Å². The highest BCUT2D eigenvalue weighted by molar-refractivity contribution is 6.30. The molecule has 1 aliphatic rings. The van der Waals surface area contributed by atoms with Gasteiger partial charge in [0.05, 0.1) is 10.7 Å². The predicted octanol–water partition coefficient (Wildman–Crippen LogP) is 6.39. The SMILES string of the molecule is C/C=C/[C@H]1CC[C@H](c2ccc(-c3ccc(Cl)c(F)c3)nc2)CC1. The lowest BCUT2D eigenvalue weighted by molar-refractivity contribution is 0.375. The molecule has 3 heteroatoms. The Morgan fingerprint density at radius 3 is 2.52 bits per heavy atom. The van der Waals surface area contributed by atoms with Crippen LogP contribution in [0.15, 0.2) is 48.7 Å². The van der Waals surface area contributed by atoms with Crippen LogP contribution in [0.2, 0.25) is 5.02 Å². The van der Waals surface area contributed by atoms with Crippen LogP contribution < -0.4 is 0 Å². The largest absolute Gasteiger partial charge is 0.256 e. The number of hydrogen-bond acceptors (Lipinski definition) is 1. The average Bonchev–Trinajstić information content (AvgIpc) is 2.59. The van der Waals surface area contributed by atoms with Gasteiger partial charge < -0.3 is 0 Å². The van der Waals surface area contributed by atoms with Crippen molar-refractivity contribution < 1.29 is 4.39 Å². The zero-order valence-corrected chi connectivity index (χ0v) is 14.1. The summed E-state index contributed by atoms with van der Waals surface area (Å²) in [6, 6.07) is 8.93. The molecule has 1 saturated carbocycles. The second kappa shape index (κ2) is 7.27. The molecule has 0 saturated heterocycles. The molecule has 0 bridgehead atoms. The van der Waals surface area contributed by atoms with E-state index in [4.69, 9.17) is 11.6 Å². The van der Waals surface area contributed by atoms with Gasteiger partial charge >= 0.3 is 0 Å². The molecule has 0 radical (unpaired) electrons. The van der Waals surface area contributed by atoms with Crippen LogP contribution in [0.4, 0.5) is 4.39 Å². The van der Waals surface area contributed by atoms with Crippen LogP contribution in [0, 0.1) is 11.7 Å². The van der Waals surface area contributed by atoms with E-state index in [1.165, 1.54) is 37.3 Å². The summed E-state index contributed by atoms with van der Waals surface area (Å²) in [6.45, 7) is 2.09. The molecule has 2 aromatic rings. The van der Waals surface area contributed by atoms with Crippen LogP contribution in [-0.2, 0) is 0 Å². The monoisotopic (exact) mass is 329 g/mol. The molecule has 1 aromatic heterocycles. The summed E-state index contributed by atoms with van der Waals surface area (Å²) in [6.07, 6.45) is 11.4. The smallest absolute Gasteiger partial charge is 0.142 e. The van der Waals surface area contributed by atoms with E-state index in [1.54, 1.807) is 12.1 Å². The molecule has 1 aromatic carbocycles. The van der Waals surface area contributed by atoms with Gasteiger partial charge in [0, 0.05) is 11.8 Å². The van der Waals surface area contributed by atoms with E-state index in [2.05, 4.69) is 30.1 Å². The molecule has 0 N–H and O–H groups in total. The molecule has 0 aliphatic heterocycles. The van der Waals surface area contributed by atoms with Gasteiger partial charge in [-0.25, -0.2) is 4.39 Å². The quantitative estimate of drug-likeness (QED) is 0.594. The van der Waals surface area contributed by atoms with Gasteiger partial charge in [-0.05, 0) is 68.2 Å². The highest BCUT2D eigenvalue weighted by Crippen LogP contribution is 2.36. The summed E-state index contributed by atoms with van der Waals surface area (Å²) in [5.41, 5.74) is 2.84. The highest BCUT2D eigenvalue weighted by atomic mass is 35.5. The first-order valence-electron chi connectivity index (χ1n) is 8.21. The lowest BCUT2D eigenvalue weighted by Crippen LogP contribution is -2.11. The fourth-order valence-corrected chi connectivity index (χ4v) is 3.51. The number of nitrogens with zero attached hydrogens (tertiary/aromatic N) is 1. The Morgan fingerprint density at radius 1 is 1.13 bits per heavy atom. The number of allylic oxidation sites excluding steroid dienone is 2. The molecule has 0 amide bonds. The van der Waals surface area contributed by atoms with Crippen molar-refractivity contribution in [1.82, 2.24) is 4.98 Å². The van der Waals surface area contributed by atoms with Gasteiger partial charge in [0.15, 0.2) is 0 Å². The third-order valence-corrected chi connectivity index (χ3v) is 5.02. The molecule has 3 rings (SSSR count). The molecule has 0 atom stereocenters. The Hall–Kier alpha value is -1.67. The molecular weight excluding hydrogens is 309 g/mol. The Bertz CT molecular complexity index is 685. The van der Waals surface area contributed by atoms with E-state index in [1.807, 2.05) is 12.3 Å². The third-order valence-electron chi connectivity index (χ3n) is 4.71. The zero-order chi connectivity index (χ0) is 16.2. The van der Waals surface area contributed by atoms with Crippen LogP contribution in [0.1, 0.15) is 44.1 Å². The number of rotatable bonds is 3. The first kappa shape index (κ1) is 16.2. The van der Waals surface area contributed by atoms with Crippen LogP contribution in [0.25, 0.3) is 11.3 Å². The Kier molecular flexibility index (Phi) is 5.12. The van der Waals surface area contributed by atoms with Crippen molar-refractivity contribution in [2.75, 3.05) is 0 Å². The topological polar surface area (TPSA) is 12.9 Å². The van der Waals surface area contributed by atoms with Crippen LogP contribution in [0.5, 0.6) is 0 Å². The van der Waals surface area contributed by atoms with Gasteiger partial charge in [-0.2, -0.15) is 0 Å². The van der Waals surface area contributed by atoms with Crippen molar-refractivity contribution >= 4 is 11.6 Å². The molecule has 1 aliphatic carbocycles. The van der Waals surface area contributed by atoms with Gasteiger partial charge in [0.1, 0.15) is 5.82 Å². The number of hydrogen-bond donors (Lipinski definition) is 0. The normalized spacial score (nSPS) is 21.7. The van der Waals surface area contributed by atoms with E-state index in [0.29, 0.717) is 5.92 Å². The molecule has 23 heavy (non-hydrogen) atoms. The Morgan fingerprint density at radius 2 is 1.91 bits per heavy atom. The maximum Gasteiger partial charge on any atom is 0.142 e. The van der Waals surface area contributed by atoms with Gasteiger partial charge in [0.25, 0.3) is 0 Å². The minimum absolute atomic E-state index is 0.142. The predicted molar refractivity (Wildman–Crippen MR) is 94.2 cm³/mol. The summed E-state index contributed by atoms with van der Waals surface area (Å²) >= 11 is 5.73. The summed E-state index contributed by atoms with van der Waals surface area (Å²) in [7, 11) is 0. The Balaban J connectivity index is 1.71. The highest BCUT2D eigenvalue weighted by Gasteiger charge is 2.21. The van der Waals surface area contributed by atoms with Crippen LogP contribution in [-0.4, -0.2) is 4.98 Å². The molecule has 120 valence electrons. The van der Waals surface area contributed by atoms with Crippen LogP contribution in [0.3, 0.4) is 0 Å². The molecule has 1 heterocycles. The fourth-order valence-electron chi connectivity index (χ4n) is 3.39. The molecule has 1 fully saturated rings. The number of halogens is 2.